The normalized spacial score (nSPS) is 15.4. The topological polar surface area (TPSA) is 58.6 Å². The average Bonchev–Trinajstić information content (AvgIpc) is 2.61. The molecule has 0 spiro atoms. The van der Waals surface area contributed by atoms with Crippen LogP contribution in [0.15, 0.2) is 24.3 Å². The quantitative estimate of drug-likeness (QED) is 0.869. The molecule has 0 aromatic heterocycles. The van der Waals surface area contributed by atoms with Crippen LogP contribution < -0.4 is 10.1 Å². The first-order chi connectivity index (χ1) is 11.5. The minimum absolute atomic E-state index is 0.0129. The zero-order valence-corrected chi connectivity index (χ0v) is 14.9. The van der Waals surface area contributed by atoms with Gasteiger partial charge in [-0.2, -0.15) is 0 Å². The molecule has 1 saturated heterocycles. The van der Waals surface area contributed by atoms with Gasteiger partial charge in [0.15, 0.2) is 0 Å². The first-order valence-corrected chi connectivity index (χ1v) is 8.71. The summed E-state index contributed by atoms with van der Waals surface area (Å²) in [6.45, 7) is 5.80. The fourth-order valence-corrected chi connectivity index (χ4v) is 3.10. The predicted octanol–water partition coefficient (Wildman–Crippen LogP) is 2.25. The Hall–Kier alpha value is -2.04. The van der Waals surface area contributed by atoms with Crippen LogP contribution in [0.4, 0.5) is 0 Å². The molecule has 1 aliphatic heterocycles. The van der Waals surface area contributed by atoms with Gasteiger partial charge in [0, 0.05) is 31.5 Å². The number of para-hydroxylation sites is 1. The van der Waals surface area contributed by atoms with E-state index in [1.54, 1.807) is 7.11 Å². The van der Waals surface area contributed by atoms with Crippen LogP contribution in [0.3, 0.4) is 0 Å². The van der Waals surface area contributed by atoms with Gasteiger partial charge in [-0.3, -0.25) is 9.59 Å². The third-order valence-corrected chi connectivity index (χ3v) is 4.56. The van der Waals surface area contributed by atoms with Crippen molar-refractivity contribution in [3.05, 3.63) is 29.8 Å². The Bertz CT molecular complexity index is 563. The predicted molar refractivity (Wildman–Crippen MR) is 93.8 cm³/mol. The van der Waals surface area contributed by atoms with Gasteiger partial charge in [-0.15, -0.1) is 0 Å². The Labute approximate surface area is 144 Å². The van der Waals surface area contributed by atoms with E-state index < -0.39 is 0 Å². The molecule has 1 N–H and O–H groups in total. The highest BCUT2D eigenvalue weighted by molar-refractivity contribution is 5.80. The largest absolute Gasteiger partial charge is 0.496 e. The summed E-state index contributed by atoms with van der Waals surface area (Å²) < 4.78 is 5.32. The first kappa shape index (κ1) is 18.3. The summed E-state index contributed by atoms with van der Waals surface area (Å²) in [5.41, 5.74) is 1.10. The number of nitrogens with one attached hydrogen (secondary N) is 1. The molecule has 0 aliphatic carbocycles. The third kappa shape index (κ3) is 4.73. The number of amides is 2. The lowest BCUT2D eigenvalue weighted by molar-refractivity contribution is -0.138. The van der Waals surface area contributed by atoms with Crippen LogP contribution in [0.5, 0.6) is 5.75 Å². The Morgan fingerprint density at radius 2 is 1.92 bits per heavy atom. The average molecular weight is 332 g/mol. The Balaban J connectivity index is 1.75. The third-order valence-electron chi connectivity index (χ3n) is 4.56. The first-order valence-electron chi connectivity index (χ1n) is 8.71. The number of carbonyl (C=O) groups is 2. The number of benzene rings is 1. The van der Waals surface area contributed by atoms with Crippen LogP contribution in [0.2, 0.25) is 0 Å². The molecule has 2 rings (SSSR count). The molecule has 0 unspecified atom stereocenters. The minimum atomic E-state index is 0.0129. The Morgan fingerprint density at radius 1 is 1.25 bits per heavy atom. The van der Waals surface area contributed by atoms with Gasteiger partial charge in [-0.05, 0) is 30.9 Å². The smallest absolute Gasteiger partial charge is 0.225 e. The van der Waals surface area contributed by atoms with E-state index in [-0.39, 0.29) is 23.7 Å². The van der Waals surface area contributed by atoms with Crippen LogP contribution in [0.1, 0.15) is 32.3 Å². The van der Waals surface area contributed by atoms with Gasteiger partial charge in [0.2, 0.25) is 11.8 Å². The van der Waals surface area contributed by atoms with Crippen LogP contribution >= 0.6 is 0 Å². The van der Waals surface area contributed by atoms with E-state index >= 15 is 0 Å². The molecule has 24 heavy (non-hydrogen) atoms. The van der Waals surface area contributed by atoms with Crippen LogP contribution in [-0.2, 0) is 16.0 Å². The van der Waals surface area contributed by atoms with Crippen molar-refractivity contribution in [1.29, 1.82) is 0 Å². The van der Waals surface area contributed by atoms with Crippen LogP contribution in [0.25, 0.3) is 0 Å². The number of likely N-dealkylation sites (tertiary alicyclic amines) is 1. The molecule has 1 fully saturated rings. The lowest BCUT2D eigenvalue weighted by Crippen LogP contribution is -2.44. The molecule has 0 radical (unpaired) electrons. The number of hydrogen-bond acceptors (Lipinski definition) is 3. The summed E-state index contributed by atoms with van der Waals surface area (Å²) in [6, 6.07) is 7.86. The summed E-state index contributed by atoms with van der Waals surface area (Å²) >= 11 is 0. The van der Waals surface area contributed by atoms with Gasteiger partial charge in [0.1, 0.15) is 5.75 Å². The maximum atomic E-state index is 12.3. The highest BCUT2D eigenvalue weighted by Crippen LogP contribution is 2.20. The van der Waals surface area contributed by atoms with Crippen molar-refractivity contribution < 1.29 is 14.3 Å². The number of nitrogens with zero attached hydrogens (tertiary/aromatic N) is 1. The zero-order valence-electron chi connectivity index (χ0n) is 14.9. The van der Waals surface area contributed by atoms with Crippen molar-refractivity contribution in [3.63, 3.8) is 0 Å². The molecule has 2 amide bonds. The van der Waals surface area contributed by atoms with Crippen molar-refractivity contribution in [2.45, 2.75) is 33.1 Å². The van der Waals surface area contributed by atoms with E-state index in [0.717, 1.165) is 30.6 Å². The molecule has 5 nitrogen and oxygen atoms in total. The van der Waals surface area contributed by atoms with Gasteiger partial charge in [-0.1, -0.05) is 32.0 Å². The molecule has 0 saturated carbocycles. The Morgan fingerprint density at radius 3 is 2.54 bits per heavy atom. The summed E-state index contributed by atoms with van der Waals surface area (Å²) in [5.74, 6) is 1.17. The molecule has 1 aromatic carbocycles. The van der Waals surface area contributed by atoms with Gasteiger partial charge in [0.05, 0.1) is 7.11 Å². The maximum Gasteiger partial charge on any atom is 0.225 e. The molecule has 0 bridgehead atoms. The summed E-state index contributed by atoms with van der Waals surface area (Å²) in [6.07, 6.45) is 2.25. The fourth-order valence-electron chi connectivity index (χ4n) is 3.10. The number of methoxy groups -OCH3 is 1. The number of piperidine rings is 1. The monoisotopic (exact) mass is 332 g/mol. The molecule has 0 atom stereocenters. The number of hydrogen-bond donors (Lipinski definition) is 1. The fraction of sp³-hybridized carbons (Fsp3) is 0.579. The van der Waals surface area contributed by atoms with Crippen molar-refractivity contribution >= 4 is 11.8 Å². The van der Waals surface area contributed by atoms with E-state index in [2.05, 4.69) is 5.32 Å². The van der Waals surface area contributed by atoms with E-state index in [0.29, 0.717) is 19.6 Å². The van der Waals surface area contributed by atoms with Gasteiger partial charge in [-0.25, -0.2) is 0 Å². The Kier molecular flexibility index (Phi) is 6.64. The summed E-state index contributed by atoms with van der Waals surface area (Å²) in [7, 11) is 1.66. The molecule has 132 valence electrons. The van der Waals surface area contributed by atoms with Crippen molar-refractivity contribution in [1.82, 2.24) is 10.2 Å². The highest BCUT2D eigenvalue weighted by Gasteiger charge is 2.27. The second kappa shape index (κ2) is 8.71. The molecule has 1 aliphatic rings. The zero-order chi connectivity index (χ0) is 17.5. The summed E-state index contributed by atoms with van der Waals surface area (Å²) in [4.78, 5) is 26.2. The van der Waals surface area contributed by atoms with Gasteiger partial charge < -0.3 is 15.0 Å². The van der Waals surface area contributed by atoms with Crippen LogP contribution in [0, 0.1) is 11.8 Å². The second-order valence-corrected chi connectivity index (χ2v) is 6.61. The second-order valence-electron chi connectivity index (χ2n) is 6.61. The van der Waals surface area contributed by atoms with E-state index in [1.807, 2.05) is 43.0 Å². The van der Waals surface area contributed by atoms with E-state index in [9.17, 15) is 9.59 Å². The lowest BCUT2D eigenvalue weighted by Gasteiger charge is -2.32. The van der Waals surface area contributed by atoms with E-state index in [4.69, 9.17) is 4.74 Å². The number of ether oxygens (including phenoxy) is 1. The number of rotatable bonds is 6. The molecule has 5 heteroatoms. The van der Waals surface area contributed by atoms with E-state index in [1.165, 1.54) is 0 Å². The molecule has 1 aromatic rings. The van der Waals surface area contributed by atoms with Gasteiger partial charge >= 0.3 is 0 Å². The van der Waals surface area contributed by atoms with Crippen molar-refractivity contribution in [2.75, 3.05) is 26.7 Å². The van der Waals surface area contributed by atoms with Gasteiger partial charge in [0.25, 0.3) is 0 Å². The molecule has 1 heterocycles. The molecular weight excluding hydrogens is 304 g/mol. The number of carbonyl (C=O) groups excluding carboxylic acids is 2. The minimum Gasteiger partial charge on any atom is -0.496 e. The highest BCUT2D eigenvalue weighted by atomic mass is 16.5. The molecular formula is C19H28N2O3. The van der Waals surface area contributed by atoms with Crippen LogP contribution in [-0.4, -0.2) is 43.5 Å². The SMILES string of the molecule is COc1ccccc1CCNC(=O)C1CCN(C(=O)C(C)C)CC1. The summed E-state index contributed by atoms with van der Waals surface area (Å²) in [5, 5.41) is 3.02. The lowest BCUT2D eigenvalue weighted by atomic mass is 9.95. The van der Waals surface area contributed by atoms with Crippen molar-refractivity contribution in [2.24, 2.45) is 11.8 Å². The van der Waals surface area contributed by atoms with Crippen molar-refractivity contribution in [3.8, 4) is 5.75 Å². The maximum absolute atomic E-state index is 12.3. The standard InChI is InChI=1S/C19H28N2O3/c1-14(2)19(23)21-12-9-16(10-13-21)18(22)20-11-8-15-6-4-5-7-17(15)24-3/h4-7,14,16H,8-13H2,1-3H3,(H,20,22).